The standard InChI is InChI=1S/C20H19N3O4/c1-25-18-9-7-16(8-10-18)20(24)21-13-19-11-17(23-27-19)14-26-22-12-15-5-3-2-4-6-15/h2-12H,13-14H2,1H3,(H,21,24). The summed E-state index contributed by atoms with van der Waals surface area (Å²) in [4.78, 5) is 17.3. The van der Waals surface area contributed by atoms with Crippen LogP contribution in [0.5, 0.6) is 5.75 Å². The first-order valence-electron chi connectivity index (χ1n) is 8.31. The fourth-order valence-corrected chi connectivity index (χ4v) is 2.26. The minimum atomic E-state index is -0.209. The van der Waals surface area contributed by atoms with Crippen molar-refractivity contribution in [1.29, 1.82) is 0 Å². The summed E-state index contributed by atoms with van der Waals surface area (Å²) in [7, 11) is 1.58. The molecular formula is C20H19N3O4. The Morgan fingerprint density at radius 2 is 1.96 bits per heavy atom. The molecule has 0 radical (unpaired) electrons. The minimum Gasteiger partial charge on any atom is -0.497 e. The van der Waals surface area contributed by atoms with Gasteiger partial charge in [0.1, 0.15) is 11.4 Å². The monoisotopic (exact) mass is 365 g/mol. The van der Waals surface area contributed by atoms with Gasteiger partial charge in [0.05, 0.1) is 19.9 Å². The second-order valence-corrected chi connectivity index (χ2v) is 5.61. The van der Waals surface area contributed by atoms with E-state index in [1.54, 1.807) is 43.7 Å². The summed E-state index contributed by atoms with van der Waals surface area (Å²) in [5.41, 5.74) is 2.07. The highest BCUT2D eigenvalue weighted by molar-refractivity contribution is 5.94. The van der Waals surface area contributed by atoms with E-state index in [1.165, 1.54) is 0 Å². The lowest BCUT2D eigenvalue weighted by Crippen LogP contribution is -2.22. The topological polar surface area (TPSA) is 86.0 Å². The van der Waals surface area contributed by atoms with Gasteiger partial charge in [-0.1, -0.05) is 40.6 Å². The molecule has 0 saturated heterocycles. The summed E-state index contributed by atoms with van der Waals surface area (Å²) in [6, 6.07) is 18.2. The van der Waals surface area contributed by atoms with Gasteiger partial charge in [-0.25, -0.2) is 0 Å². The van der Waals surface area contributed by atoms with Crippen molar-refractivity contribution < 1.29 is 18.9 Å². The van der Waals surface area contributed by atoms with Crippen LogP contribution >= 0.6 is 0 Å². The summed E-state index contributed by atoms with van der Waals surface area (Å²) in [5, 5.41) is 10.6. The Hall–Kier alpha value is -3.61. The molecule has 0 aliphatic heterocycles. The number of hydrogen-bond acceptors (Lipinski definition) is 6. The van der Waals surface area contributed by atoms with Gasteiger partial charge in [0, 0.05) is 11.6 Å². The number of nitrogens with one attached hydrogen (secondary N) is 1. The second-order valence-electron chi connectivity index (χ2n) is 5.61. The molecule has 0 bridgehead atoms. The van der Waals surface area contributed by atoms with E-state index in [0.717, 1.165) is 5.56 Å². The maximum absolute atomic E-state index is 12.1. The quantitative estimate of drug-likeness (QED) is 0.489. The molecule has 0 fully saturated rings. The lowest BCUT2D eigenvalue weighted by Gasteiger charge is -2.04. The van der Waals surface area contributed by atoms with Crippen molar-refractivity contribution in [2.24, 2.45) is 5.16 Å². The average Bonchev–Trinajstić information content (AvgIpc) is 3.18. The molecule has 3 rings (SSSR count). The third kappa shape index (κ3) is 5.43. The molecular weight excluding hydrogens is 346 g/mol. The molecule has 0 saturated carbocycles. The summed E-state index contributed by atoms with van der Waals surface area (Å²) in [6.45, 7) is 0.407. The van der Waals surface area contributed by atoms with Crippen LogP contribution in [-0.4, -0.2) is 24.4 Å². The fraction of sp³-hybridized carbons (Fsp3) is 0.150. The number of benzene rings is 2. The summed E-state index contributed by atoms with van der Waals surface area (Å²) < 4.78 is 10.3. The number of rotatable bonds is 8. The Morgan fingerprint density at radius 3 is 2.70 bits per heavy atom. The molecule has 3 aromatic rings. The number of aromatic nitrogens is 1. The molecule has 1 aromatic heterocycles. The van der Waals surface area contributed by atoms with Gasteiger partial charge in [0.15, 0.2) is 12.4 Å². The number of hydrogen-bond donors (Lipinski definition) is 1. The van der Waals surface area contributed by atoms with E-state index in [0.29, 0.717) is 22.8 Å². The SMILES string of the molecule is COc1ccc(C(=O)NCc2cc(CON=Cc3ccccc3)no2)cc1. The second kappa shape index (κ2) is 9.19. The first-order valence-corrected chi connectivity index (χ1v) is 8.31. The Morgan fingerprint density at radius 1 is 1.19 bits per heavy atom. The van der Waals surface area contributed by atoms with Gasteiger partial charge in [-0.05, 0) is 29.8 Å². The van der Waals surface area contributed by atoms with Crippen LogP contribution in [-0.2, 0) is 18.0 Å². The lowest BCUT2D eigenvalue weighted by atomic mass is 10.2. The normalized spacial score (nSPS) is 10.7. The Balaban J connectivity index is 1.44. The number of carbonyl (C=O) groups is 1. The summed E-state index contributed by atoms with van der Waals surface area (Å²) >= 11 is 0. The largest absolute Gasteiger partial charge is 0.497 e. The molecule has 1 heterocycles. The van der Waals surface area contributed by atoms with E-state index in [1.807, 2.05) is 30.3 Å². The minimum absolute atomic E-state index is 0.180. The third-order valence-corrected chi connectivity index (χ3v) is 3.67. The van der Waals surface area contributed by atoms with E-state index in [-0.39, 0.29) is 19.1 Å². The van der Waals surface area contributed by atoms with Crippen molar-refractivity contribution in [3.05, 3.63) is 83.2 Å². The first kappa shape index (κ1) is 18.2. The number of amides is 1. The molecule has 2 aromatic carbocycles. The fourth-order valence-electron chi connectivity index (χ4n) is 2.26. The molecule has 138 valence electrons. The number of methoxy groups -OCH3 is 1. The lowest BCUT2D eigenvalue weighted by molar-refractivity contribution is 0.0947. The Kier molecular flexibility index (Phi) is 6.19. The first-order chi connectivity index (χ1) is 13.2. The maximum Gasteiger partial charge on any atom is 0.251 e. The van der Waals surface area contributed by atoms with Crippen molar-refractivity contribution in [3.8, 4) is 5.75 Å². The Bertz CT molecular complexity index is 889. The maximum atomic E-state index is 12.1. The zero-order valence-electron chi connectivity index (χ0n) is 14.8. The van der Waals surface area contributed by atoms with Crippen LogP contribution in [0, 0.1) is 0 Å². The smallest absolute Gasteiger partial charge is 0.251 e. The van der Waals surface area contributed by atoms with Crippen molar-refractivity contribution in [2.45, 2.75) is 13.2 Å². The van der Waals surface area contributed by atoms with Crippen LogP contribution in [0.2, 0.25) is 0 Å². The number of oxime groups is 1. The molecule has 0 unspecified atom stereocenters. The van der Waals surface area contributed by atoms with Crippen molar-refractivity contribution >= 4 is 12.1 Å². The van der Waals surface area contributed by atoms with E-state index in [4.69, 9.17) is 14.1 Å². The molecule has 0 spiro atoms. The van der Waals surface area contributed by atoms with Gasteiger partial charge in [-0.3, -0.25) is 4.79 Å². The van der Waals surface area contributed by atoms with Crippen molar-refractivity contribution in [3.63, 3.8) is 0 Å². The van der Waals surface area contributed by atoms with Crippen LogP contribution < -0.4 is 10.1 Å². The number of nitrogens with zero attached hydrogens (tertiary/aromatic N) is 2. The predicted octanol–water partition coefficient (Wildman–Crippen LogP) is 3.16. The van der Waals surface area contributed by atoms with Gasteiger partial charge in [-0.15, -0.1) is 0 Å². The molecule has 1 amide bonds. The molecule has 0 atom stereocenters. The van der Waals surface area contributed by atoms with Gasteiger partial charge >= 0.3 is 0 Å². The molecule has 0 aliphatic carbocycles. The average molecular weight is 365 g/mol. The van der Waals surface area contributed by atoms with E-state index in [9.17, 15) is 4.79 Å². The van der Waals surface area contributed by atoms with Crippen molar-refractivity contribution in [1.82, 2.24) is 10.5 Å². The van der Waals surface area contributed by atoms with Crippen molar-refractivity contribution in [2.75, 3.05) is 7.11 Å². The third-order valence-electron chi connectivity index (χ3n) is 3.67. The van der Waals surface area contributed by atoms with Crippen LogP contribution in [0.1, 0.15) is 27.4 Å². The highest BCUT2D eigenvalue weighted by Gasteiger charge is 2.09. The highest BCUT2D eigenvalue weighted by atomic mass is 16.6. The number of ether oxygens (including phenoxy) is 1. The van der Waals surface area contributed by atoms with Gasteiger partial charge in [-0.2, -0.15) is 0 Å². The van der Waals surface area contributed by atoms with Crippen LogP contribution in [0.15, 0.2) is 70.3 Å². The highest BCUT2D eigenvalue weighted by Crippen LogP contribution is 2.11. The van der Waals surface area contributed by atoms with E-state index >= 15 is 0 Å². The van der Waals surface area contributed by atoms with Crippen LogP contribution in [0.25, 0.3) is 0 Å². The van der Waals surface area contributed by atoms with Crippen LogP contribution in [0.3, 0.4) is 0 Å². The van der Waals surface area contributed by atoms with E-state index in [2.05, 4.69) is 15.6 Å². The molecule has 1 N–H and O–H groups in total. The Labute approximate surface area is 156 Å². The molecule has 0 aliphatic rings. The van der Waals surface area contributed by atoms with Crippen LogP contribution in [0.4, 0.5) is 0 Å². The molecule has 27 heavy (non-hydrogen) atoms. The zero-order valence-corrected chi connectivity index (χ0v) is 14.8. The number of carbonyl (C=O) groups excluding carboxylic acids is 1. The van der Waals surface area contributed by atoms with Gasteiger partial charge < -0.3 is 19.4 Å². The van der Waals surface area contributed by atoms with E-state index < -0.39 is 0 Å². The molecule has 7 nitrogen and oxygen atoms in total. The van der Waals surface area contributed by atoms with Gasteiger partial charge in [0.2, 0.25) is 0 Å². The summed E-state index contributed by atoms with van der Waals surface area (Å²) in [5.74, 6) is 1.02. The predicted molar refractivity (Wildman–Crippen MR) is 99.5 cm³/mol. The molecule has 7 heteroatoms. The van der Waals surface area contributed by atoms with Gasteiger partial charge in [0.25, 0.3) is 5.91 Å². The zero-order chi connectivity index (χ0) is 18.9. The summed E-state index contributed by atoms with van der Waals surface area (Å²) in [6.07, 6.45) is 1.62.